The smallest absolute Gasteiger partial charge is 0.253 e. The summed E-state index contributed by atoms with van der Waals surface area (Å²) in [4.78, 5) is 26.5. The average Bonchev–Trinajstić information content (AvgIpc) is 3.06. The second-order valence-corrected chi connectivity index (χ2v) is 6.35. The van der Waals surface area contributed by atoms with Gasteiger partial charge in [-0.15, -0.1) is 0 Å². The lowest BCUT2D eigenvalue weighted by Gasteiger charge is -2.19. The van der Waals surface area contributed by atoms with Gasteiger partial charge in [-0.05, 0) is 37.5 Å². The van der Waals surface area contributed by atoms with Crippen LogP contribution in [0.15, 0.2) is 18.2 Å². The van der Waals surface area contributed by atoms with Crippen LogP contribution in [0.1, 0.15) is 49.4 Å². The summed E-state index contributed by atoms with van der Waals surface area (Å²) in [6.45, 7) is 2.66. The van der Waals surface area contributed by atoms with Crippen LogP contribution >= 0.6 is 0 Å². The molecule has 0 saturated heterocycles. The van der Waals surface area contributed by atoms with Crippen molar-refractivity contribution < 1.29 is 9.59 Å². The highest BCUT2D eigenvalue weighted by Gasteiger charge is 2.23. The van der Waals surface area contributed by atoms with Gasteiger partial charge >= 0.3 is 0 Å². The normalized spacial score (nSPS) is 14.6. The standard InChI is InChI=1S/C18H27N3O2/c1-4-11-19-18(23)15-12-14(9-10-16(15)21(2)3)20-17(22)13-7-5-6-8-13/h9-10,12-13H,4-8,11H2,1-3H3,(H,19,23)(H,20,22). The molecule has 0 aliphatic heterocycles. The Morgan fingerprint density at radius 3 is 2.52 bits per heavy atom. The highest BCUT2D eigenvalue weighted by molar-refractivity contribution is 6.02. The van der Waals surface area contributed by atoms with Gasteiger partial charge in [-0.25, -0.2) is 0 Å². The van der Waals surface area contributed by atoms with Gasteiger partial charge in [-0.3, -0.25) is 9.59 Å². The van der Waals surface area contributed by atoms with Crippen LogP contribution in [0.3, 0.4) is 0 Å². The van der Waals surface area contributed by atoms with Crippen LogP contribution < -0.4 is 15.5 Å². The molecule has 1 aromatic carbocycles. The first-order valence-electron chi connectivity index (χ1n) is 8.43. The Kier molecular flexibility index (Phi) is 6.02. The third-order valence-electron chi connectivity index (χ3n) is 4.25. The first-order chi connectivity index (χ1) is 11.0. The molecule has 0 radical (unpaired) electrons. The van der Waals surface area contributed by atoms with E-state index >= 15 is 0 Å². The first kappa shape index (κ1) is 17.3. The van der Waals surface area contributed by atoms with E-state index in [4.69, 9.17) is 0 Å². The molecular weight excluding hydrogens is 290 g/mol. The molecule has 5 heteroatoms. The molecule has 0 spiro atoms. The summed E-state index contributed by atoms with van der Waals surface area (Å²) in [5.74, 6) is 0.0772. The van der Waals surface area contributed by atoms with E-state index in [-0.39, 0.29) is 17.7 Å². The predicted octanol–water partition coefficient (Wildman–Crippen LogP) is 3.02. The number of nitrogens with one attached hydrogen (secondary N) is 2. The molecule has 1 aliphatic rings. The number of carbonyl (C=O) groups is 2. The van der Waals surface area contributed by atoms with Gasteiger partial charge in [0.25, 0.3) is 5.91 Å². The Hall–Kier alpha value is -2.04. The number of amides is 2. The van der Waals surface area contributed by atoms with E-state index in [1.165, 1.54) is 0 Å². The molecule has 23 heavy (non-hydrogen) atoms. The van der Waals surface area contributed by atoms with Crippen LogP contribution in [0.4, 0.5) is 11.4 Å². The number of carbonyl (C=O) groups excluding carboxylic acids is 2. The second kappa shape index (κ2) is 7.99. The van der Waals surface area contributed by atoms with Crippen LogP contribution in [0.25, 0.3) is 0 Å². The Bertz CT molecular complexity index is 563. The second-order valence-electron chi connectivity index (χ2n) is 6.35. The van der Waals surface area contributed by atoms with Crippen LogP contribution in [0.2, 0.25) is 0 Å². The van der Waals surface area contributed by atoms with Crippen LogP contribution in [-0.2, 0) is 4.79 Å². The predicted molar refractivity (Wildman–Crippen MR) is 94.0 cm³/mol. The summed E-state index contributed by atoms with van der Waals surface area (Å²) in [6, 6.07) is 5.51. The van der Waals surface area contributed by atoms with Gasteiger partial charge in [0.1, 0.15) is 0 Å². The fourth-order valence-corrected chi connectivity index (χ4v) is 2.95. The van der Waals surface area contributed by atoms with Crippen molar-refractivity contribution in [3.8, 4) is 0 Å². The van der Waals surface area contributed by atoms with Crippen molar-refractivity contribution in [3.05, 3.63) is 23.8 Å². The lowest BCUT2D eigenvalue weighted by Crippen LogP contribution is -2.27. The quantitative estimate of drug-likeness (QED) is 0.848. The lowest BCUT2D eigenvalue weighted by molar-refractivity contribution is -0.119. The monoisotopic (exact) mass is 317 g/mol. The molecule has 1 fully saturated rings. The summed E-state index contributed by atoms with van der Waals surface area (Å²) >= 11 is 0. The third kappa shape index (κ3) is 4.47. The van der Waals surface area contributed by atoms with Gasteiger partial charge in [0.05, 0.1) is 5.56 Å². The summed E-state index contributed by atoms with van der Waals surface area (Å²) in [5.41, 5.74) is 2.12. The molecule has 0 aromatic heterocycles. The number of anilines is 2. The molecule has 1 aromatic rings. The molecule has 1 aliphatic carbocycles. The Morgan fingerprint density at radius 2 is 1.91 bits per heavy atom. The van der Waals surface area contributed by atoms with Crippen molar-refractivity contribution in [2.24, 2.45) is 5.92 Å². The SMILES string of the molecule is CCCNC(=O)c1cc(NC(=O)C2CCCC2)ccc1N(C)C. The van der Waals surface area contributed by atoms with E-state index in [1.54, 1.807) is 6.07 Å². The molecule has 2 amide bonds. The molecular formula is C18H27N3O2. The minimum atomic E-state index is -0.104. The van der Waals surface area contributed by atoms with E-state index in [0.717, 1.165) is 37.8 Å². The van der Waals surface area contributed by atoms with Gasteiger partial charge in [0, 0.05) is 37.9 Å². The summed E-state index contributed by atoms with van der Waals surface area (Å²) in [7, 11) is 3.81. The minimum Gasteiger partial charge on any atom is -0.377 e. The third-order valence-corrected chi connectivity index (χ3v) is 4.25. The van der Waals surface area contributed by atoms with E-state index in [0.29, 0.717) is 17.8 Å². The van der Waals surface area contributed by atoms with Crippen molar-refractivity contribution in [1.29, 1.82) is 0 Å². The summed E-state index contributed by atoms with van der Waals surface area (Å²) in [5, 5.41) is 5.87. The molecule has 5 nitrogen and oxygen atoms in total. The van der Waals surface area contributed by atoms with Gasteiger partial charge < -0.3 is 15.5 Å². The fourth-order valence-electron chi connectivity index (χ4n) is 2.95. The highest BCUT2D eigenvalue weighted by Crippen LogP contribution is 2.27. The maximum Gasteiger partial charge on any atom is 0.253 e. The number of benzene rings is 1. The zero-order valence-electron chi connectivity index (χ0n) is 14.3. The molecule has 126 valence electrons. The van der Waals surface area contributed by atoms with Crippen LogP contribution in [-0.4, -0.2) is 32.5 Å². The molecule has 2 N–H and O–H groups in total. The van der Waals surface area contributed by atoms with E-state index in [2.05, 4.69) is 10.6 Å². The topological polar surface area (TPSA) is 61.4 Å². The first-order valence-corrected chi connectivity index (χ1v) is 8.43. The van der Waals surface area contributed by atoms with E-state index < -0.39 is 0 Å². The summed E-state index contributed by atoms with van der Waals surface area (Å²) in [6.07, 6.45) is 5.07. The number of hydrogen-bond acceptors (Lipinski definition) is 3. The van der Waals surface area contributed by atoms with Crippen molar-refractivity contribution in [2.75, 3.05) is 30.9 Å². The molecule has 0 atom stereocenters. The number of rotatable bonds is 6. The molecule has 0 heterocycles. The van der Waals surface area contributed by atoms with E-state index in [1.807, 2.05) is 38.1 Å². The maximum atomic E-state index is 12.4. The van der Waals surface area contributed by atoms with Crippen molar-refractivity contribution >= 4 is 23.2 Å². The molecule has 1 saturated carbocycles. The number of hydrogen-bond donors (Lipinski definition) is 2. The Labute approximate surface area is 138 Å². The van der Waals surface area contributed by atoms with Crippen molar-refractivity contribution in [2.45, 2.75) is 39.0 Å². The zero-order valence-corrected chi connectivity index (χ0v) is 14.3. The Morgan fingerprint density at radius 1 is 1.22 bits per heavy atom. The van der Waals surface area contributed by atoms with Crippen LogP contribution in [0, 0.1) is 5.92 Å². The van der Waals surface area contributed by atoms with Crippen LogP contribution in [0.5, 0.6) is 0 Å². The molecule has 0 bridgehead atoms. The highest BCUT2D eigenvalue weighted by atomic mass is 16.2. The van der Waals surface area contributed by atoms with Gasteiger partial charge in [-0.2, -0.15) is 0 Å². The molecule has 0 unspecified atom stereocenters. The van der Waals surface area contributed by atoms with Crippen molar-refractivity contribution in [1.82, 2.24) is 5.32 Å². The fraction of sp³-hybridized carbons (Fsp3) is 0.556. The zero-order chi connectivity index (χ0) is 16.8. The average molecular weight is 317 g/mol. The van der Waals surface area contributed by atoms with E-state index in [9.17, 15) is 9.59 Å². The largest absolute Gasteiger partial charge is 0.377 e. The Balaban J connectivity index is 2.17. The maximum absolute atomic E-state index is 12.4. The van der Waals surface area contributed by atoms with Gasteiger partial charge in [0.15, 0.2) is 0 Å². The minimum absolute atomic E-state index is 0.0695. The molecule has 2 rings (SSSR count). The van der Waals surface area contributed by atoms with Gasteiger partial charge in [-0.1, -0.05) is 19.8 Å². The van der Waals surface area contributed by atoms with Crippen molar-refractivity contribution in [3.63, 3.8) is 0 Å². The number of nitrogens with zero attached hydrogens (tertiary/aromatic N) is 1. The summed E-state index contributed by atoms with van der Waals surface area (Å²) < 4.78 is 0. The van der Waals surface area contributed by atoms with Gasteiger partial charge in [0.2, 0.25) is 5.91 Å². The lowest BCUT2D eigenvalue weighted by atomic mass is 10.1.